The molecule has 1 fully saturated rings. The number of nitrogens with two attached hydrogens (primary N) is 1. The second-order valence-corrected chi connectivity index (χ2v) is 3.64. The van der Waals surface area contributed by atoms with Crippen molar-refractivity contribution in [2.45, 2.75) is 19.9 Å². The van der Waals surface area contributed by atoms with Gasteiger partial charge in [0.15, 0.2) is 0 Å². The van der Waals surface area contributed by atoms with E-state index in [0.29, 0.717) is 12.6 Å². The first kappa shape index (κ1) is 9.96. The lowest BCUT2D eigenvalue weighted by Crippen LogP contribution is -2.50. The normalized spacial score (nSPS) is 26.5. The van der Waals surface area contributed by atoms with Crippen molar-refractivity contribution < 1.29 is 4.74 Å². The molecule has 0 aliphatic carbocycles. The number of rotatable bonds is 3. The van der Waals surface area contributed by atoms with E-state index in [2.05, 4.69) is 18.7 Å². The molecule has 0 bridgehead atoms. The molecule has 0 saturated carbocycles. The molecule has 1 saturated heterocycles. The molecule has 1 radical (unpaired) electrons. The number of ether oxygens (including phenoxy) is 1. The van der Waals surface area contributed by atoms with Gasteiger partial charge in [-0.3, -0.25) is 4.90 Å². The van der Waals surface area contributed by atoms with Crippen molar-refractivity contribution >= 4 is 0 Å². The fourth-order valence-electron chi connectivity index (χ4n) is 1.52. The van der Waals surface area contributed by atoms with E-state index in [4.69, 9.17) is 10.5 Å². The van der Waals surface area contributed by atoms with E-state index < -0.39 is 0 Å². The highest BCUT2D eigenvalue weighted by Crippen LogP contribution is 2.09. The first-order valence-electron chi connectivity index (χ1n) is 4.55. The molecule has 1 rings (SSSR count). The van der Waals surface area contributed by atoms with E-state index in [1.54, 1.807) is 0 Å². The average Bonchev–Trinajstić information content (AvgIpc) is 2.04. The van der Waals surface area contributed by atoms with Gasteiger partial charge < -0.3 is 10.5 Å². The fraction of sp³-hybridized carbons (Fsp3) is 0.889. The Balaban J connectivity index is 2.36. The second kappa shape index (κ2) is 4.80. The third kappa shape index (κ3) is 2.73. The Morgan fingerprint density at radius 2 is 2.33 bits per heavy atom. The summed E-state index contributed by atoms with van der Waals surface area (Å²) in [4.78, 5) is 2.40. The Morgan fingerprint density at radius 1 is 1.58 bits per heavy atom. The fourth-order valence-corrected chi connectivity index (χ4v) is 1.52. The van der Waals surface area contributed by atoms with Crippen molar-refractivity contribution in [1.29, 1.82) is 0 Å². The highest BCUT2D eigenvalue weighted by Gasteiger charge is 2.21. The van der Waals surface area contributed by atoms with Crippen molar-refractivity contribution in [2.75, 3.05) is 32.8 Å². The lowest BCUT2D eigenvalue weighted by atomic mass is 10.1. The summed E-state index contributed by atoms with van der Waals surface area (Å²) < 4.78 is 5.35. The van der Waals surface area contributed by atoms with Crippen molar-refractivity contribution in [2.24, 2.45) is 5.73 Å². The van der Waals surface area contributed by atoms with Gasteiger partial charge in [0, 0.05) is 25.7 Å². The first-order chi connectivity index (χ1) is 5.74. The molecular formula is C9H19N2O. The largest absolute Gasteiger partial charge is 0.378 e. The SMILES string of the molecule is C[C](C)CN1CCOCC1CN. The Kier molecular flexibility index (Phi) is 3.98. The van der Waals surface area contributed by atoms with E-state index in [0.717, 1.165) is 26.3 Å². The van der Waals surface area contributed by atoms with Crippen LogP contribution < -0.4 is 5.73 Å². The third-order valence-electron chi connectivity index (χ3n) is 2.14. The number of nitrogens with zero attached hydrogens (tertiary/aromatic N) is 1. The molecule has 2 N–H and O–H groups in total. The van der Waals surface area contributed by atoms with Gasteiger partial charge in [-0.1, -0.05) is 13.8 Å². The maximum atomic E-state index is 5.64. The molecule has 3 heteroatoms. The van der Waals surface area contributed by atoms with Crippen LogP contribution in [0, 0.1) is 5.92 Å². The van der Waals surface area contributed by atoms with Crippen molar-refractivity contribution in [1.82, 2.24) is 4.90 Å². The van der Waals surface area contributed by atoms with Crippen LogP contribution in [0.4, 0.5) is 0 Å². The van der Waals surface area contributed by atoms with Gasteiger partial charge in [-0.25, -0.2) is 0 Å². The van der Waals surface area contributed by atoms with Gasteiger partial charge >= 0.3 is 0 Å². The van der Waals surface area contributed by atoms with Gasteiger partial charge in [0.2, 0.25) is 0 Å². The van der Waals surface area contributed by atoms with Crippen molar-refractivity contribution in [3.05, 3.63) is 5.92 Å². The lowest BCUT2D eigenvalue weighted by Gasteiger charge is -2.35. The smallest absolute Gasteiger partial charge is 0.0634 e. The van der Waals surface area contributed by atoms with Crippen LogP contribution in [0.5, 0.6) is 0 Å². The highest BCUT2D eigenvalue weighted by atomic mass is 16.5. The van der Waals surface area contributed by atoms with E-state index in [1.165, 1.54) is 5.92 Å². The molecule has 71 valence electrons. The molecule has 1 heterocycles. The summed E-state index contributed by atoms with van der Waals surface area (Å²) in [6.07, 6.45) is 0. The molecular weight excluding hydrogens is 152 g/mol. The van der Waals surface area contributed by atoms with Crippen LogP contribution in [0.15, 0.2) is 0 Å². The molecule has 0 aromatic heterocycles. The first-order valence-corrected chi connectivity index (χ1v) is 4.55. The summed E-state index contributed by atoms with van der Waals surface area (Å²) in [5.74, 6) is 1.44. The molecule has 1 unspecified atom stereocenters. The lowest BCUT2D eigenvalue weighted by molar-refractivity contribution is -0.00140. The van der Waals surface area contributed by atoms with Crippen LogP contribution in [0.25, 0.3) is 0 Å². The average molecular weight is 171 g/mol. The van der Waals surface area contributed by atoms with Gasteiger partial charge in [0.05, 0.1) is 13.2 Å². The predicted octanol–water partition coefficient (Wildman–Crippen LogP) is 0.260. The Morgan fingerprint density at radius 3 is 2.92 bits per heavy atom. The zero-order valence-corrected chi connectivity index (χ0v) is 8.05. The Bertz CT molecular complexity index is 128. The van der Waals surface area contributed by atoms with E-state index in [1.807, 2.05) is 0 Å². The molecule has 0 spiro atoms. The van der Waals surface area contributed by atoms with Crippen LogP contribution in [0.3, 0.4) is 0 Å². The molecule has 3 nitrogen and oxygen atoms in total. The highest BCUT2D eigenvalue weighted by molar-refractivity contribution is 4.86. The number of hydrogen-bond donors (Lipinski definition) is 1. The number of hydrogen-bond acceptors (Lipinski definition) is 3. The monoisotopic (exact) mass is 171 g/mol. The van der Waals surface area contributed by atoms with Crippen LogP contribution in [0.1, 0.15) is 13.8 Å². The molecule has 0 aromatic carbocycles. The maximum absolute atomic E-state index is 5.64. The van der Waals surface area contributed by atoms with Gasteiger partial charge in [-0.15, -0.1) is 0 Å². The molecule has 1 aliphatic rings. The van der Waals surface area contributed by atoms with Crippen LogP contribution in [-0.4, -0.2) is 43.8 Å². The van der Waals surface area contributed by atoms with E-state index in [-0.39, 0.29) is 0 Å². The van der Waals surface area contributed by atoms with E-state index in [9.17, 15) is 0 Å². The summed E-state index contributed by atoms with van der Waals surface area (Å²) in [5.41, 5.74) is 5.64. The van der Waals surface area contributed by atoms with Crippen LogP contribution in [-0.2, 0) is 4.74 Å². The minimum atomic E-state index is 0.425. The third-order valence-corrected chi connectivity index (χ3v) is 2.14. The predicted molar refractivity (Wildman–Crippen MR) is 49.8 cm³/mol. The summed E-state index contributed by atoms with van der Waals surface area (Å²) >= 11 is 0. The van der Waals surface area contributed by atoms with Crippen molar-refractivity contribution in [3.63, 3.8) is 0 Å². The second-order valence-electron chi connectivity index (χ2n) is 3.64. The molecule has 1 atom stereocenters. The van der Waals surface area contributed by atoms with E-state index >= 15 is 0 Å². The van der Waals surface area contributed by atoms with Gasteiger partial charge in [-0.2, -0.15) is 0 Å². The van der Waals surface area contributed by atoms with Gasteiger partial charge in [0.25, 0.3) is 0 Å². The maximum Gasteiger partial charge on any atom is 0.0634 e. The molecule has 0 amide bonds. The number of morpholine rings is 1. The zero-order chi connectivity index (χ0) is 8.97. The van der Waals surface area contributed by atoms with Crippen LogP contribution >= 0.6 is 0 Å². The van der Waals surface area contributed by atoms with Crippen molar-refractivity contribution in [3.8, 4) is 0 Å². The topological polar surface area (TPSA) is 38.5 Å². The minimum Gasteiger partial charge on any atom is -0.378 e. The Labute approximate surface area is 74.9 Å². The van der Waals surface area contributed by atoms with Gasteiger partial charge in [-0.05, 0) is 5.92 Å². The summed E-state index contributed by atoms with van der Waals surface area (Å²) in [7, 11) is 0. The summed E-state index contributed by atoms with van der Waals surface area (Å²) in [6.45, 7) is 8.74. The zero-order valence-electron chi connectivity index (χ0n) is 8.05. The summed E-state index contributed by atoms with van der Waals surface area (Å²) in [5, 5.41) is 0. The Hall–Kier alpha value is -0.120. The van der Waals surface area contributed by atoms with Crippen LogP contribution in [0.2, 0.25) is 0 Å². The quantitative estimate of drug-likeness (QED) is 0.662. The van der Waals surface area contributed by atoms with Gasteiger partial charge in [0.1, 0.15) is 0 Å². The molecule has 0 aromatic rings. The standard InChI is InChI=1S/C9H19N2O/c1-8(2)6-11-3-4-12-7-9(11)5-10/h9H,3-7,10H2,1-2H3. The molecule has 1 aliphatic heterocycles. The summed E-state index contributed by atoms with van der Waals surface area (Å²) in [6, 6.07) is 0.425. The molecule has 12 heavy (non-hydrogen) atoms. The minimum absolute atomic E-state index is 0.425.